The second-order valence-corrected chi connectivity index (χ2v) is 6.09. The molecule has 4 nitrogen and oxygen atoms in total. The predicted octanol–water partition coefficient (Wildman–Crippen LogP) is 0.605. The maximum atomic E-state index is 11.9. The van der Waals surface area contributed by atoms with Crippen LogP contribution in [0.4, 0.5) is 0 Å². The molecule has 1 aliphatic heterocycles. The van der Waals surface area contributed by atoms with Crippen LogP contribution in [-0.2, 0) is 4.79 Å². The first-order valence-corrected chi connectivity index (χ1v) is 7.56. The van der Waals surface area contributed by atoms with Crippen LogP contribution in [0.15, 0.2) is 0 Å². The standard InChI is InChI=1S/C12H24N2O2S/c1-9-6-10(4-5-13-9)11(15)14-7-12(2,16)8-17-3/h9-10,13,16H,4-8H2,1-3H3,(H,14,15). The smallest absolute Gasteiger partial charge is 0.223 e. The summed E-state index contributed by atoms with van der Waals surface area (Å²) in [5.74, 6) is 0.812. The first-order chi connectivity index (χ1) is 7.94. The summed E-state index contributed by atoms with van der Waals surface area (Å²) in [6.07, 6.45) is 3.72. The Hall–Kier alpha value is -0.260. The minimum absolute atomic E-state index is 0.0831. The highest BCUT2D eigenvalue weighted by molar-refractivity contribution is 7.98. The van der Waals surface area contributed by atoms with Gasteiger partial charge in [-0.2, -0.15) is 11.8 Å². The van der Waals surface area contributed by atoms with E-state index in [-0.39, 0.29) is 11.8 Å². The summed E-state index contributed by atoms with van der Waals surface area (Å²) in [6, 6.07) is 0.409. The van der Waals surface area contributed by atoms with Crippen LogP contribution in [0.25, 0.3) is 0 Å². The fourth-order valence-corrected chi connectivity index (χ4v) is 2.88. The molecule has 0 aromatic heterocycles. The van der Waals surface area contributed by atoms with Crippen molar-refractivity contribution in [3.05, 3.63) is 0 Å². The predicted molar refractivity (Wildman–Crippen MR) is 72.2 cm³/mol. The van der Waals surface area contributed by atoms with Crippen LogP contribution in [-0.4, -0.2) is 47.8 Å². The topological polar surface area (TPSA) is 61.4 Å². The Labute approximate surface area is 108 Å². The van der Waals surface area contributed by atoms with E-state index in [1.165, 1.54) is 0 Å². The molecule has 0 saturated carbocycles. The van der Waals surface area contributed by atoms with E-state index in [9.17, 15) is 9.90 Å². The highest BCUT2D eigenvalue weighted by Gasteiger charge is 2.27. The van der Waals surface area contributed by atoms with E-state index in [4.69, 9.17) is 0 Å². The van der Waals surface area contributed by atoms with Gasteiger partial charge in [0.1, 0.15) is 0 Å². The van der Waals surface area contributed by atoms with Gasteiger partial charge in [0.15, 0.2) is 0 Å². The van der Waals surface area contributed by atoms with Gasteiger partial charge in [-0.25, -0.2) is 0 Å². The number of carbonyl (C=O) groups excluding carboxylic acids is 1. The molecule has 3 N–H and O–H groups in total. The SMILES string of the molecule is CSCC(C)(O)CNC(=O)C1CCNC(C)C1. The maximum absolute atomic E-state index is 11.9. The van der Waals surface area contributed by atoms with Crippen molar-refractivity contribution in [3.8, 4) is 0 Å². The van der Waals surface area contributed by atoms with Gasteiger partial charge in [0, 0.05) is 24.3 Å². The second kappa shape index (κ2) is 6.61. The van der Waals surface area contributed by atoms with E-state index < -0.39 is 5.60 Å². The van der Waals surface area contributed by atoms with Crippen molar-refractivity contribution in [1.29, 1.82) is 0 Å². The molecule has 3 atom stereocenters. The van der Waals surface area contributed by atoms with Gasteiger partial charge in [-0.1, -0.05) is 0 Å². The minimum Gasteiger partial charge on any atom is -0.387 e. The second-order valence-electron chi connectivity index (χ2n) is 5.22. The van der Waals surface area contributed by atoms with Crippen LogP contribution in [0.1, 0.15) is 26.7 Å². The quantitative estimate of drug-likeness (QED) is 0.677. The van der Waals surface area contributed by atoms with Gasteiger partial charge in [-0.05, 0) is 39.5 Å². The number of carbonyl (C=O) groups is 1. The highest BCUT2D eigenvalue weighted by Crippen LogP contribution is 2.16. The number of piperidine rings is 1. The zero-order valence-corrected chi connectivity index (χ0v) is 11.8. The van der Waals surface area contributed by atoms with Crippen molar-refractivity contribution in [2.24, 2.45) is 5.92 Å². The Morgan fingerprint density at radius 2 is 2.35 bits per heavy atom. The molecular formula is C12H24N2O2S. The largest absolute Gasteiger partial charge is 0.387 e. The fraction of sp³-hybridized carbons (Fsp3) is 0.917. The lowest BCUT2D eigenvalue weighted by molar-refractivity contribution is -0.127. The Bertz CT molecular complexity index is 259. The molecule has 1 fully saturated rings. The molecule has 1 heterocycles. The van der Waals surface area contributed by atoms with E-state index in [1.54, 1.807) is 18.7 Å². The molecular weight excluding hydrogens is 236 g/mol. The summed E-state index contributed by atoms with van der Waals surface area (Å²) < 4.78 is 0. The molecule has 1 saturated heterocycles. The molecule has 3 unspecified atom stereocenters. The third-order valence-corrected chi connectivity index (χ3v) is 4.00. The fourth-order valence-electron chi connectivity index (χ4n) is 2.15. The Morgan fingerprint density at radius 1 is 1.65 bits per heavy atom. The van der Waals surface area contributed by atoms with Crippen molar-refractivity contribution in [1.82, 2.24) is 10.6 Å². The molecule has 1 rings (SSSR count). The van der Waals surface area contributed by atoms with Gasteiger partial charge < -0.3 is 15.7 Å². The molecule has 1 amide bonds. The number of thioether (sulfide) groups is 1. The monoisotopic (exact) mass is 260 g/mol. The lowest BCUT2D eigenvalue weighted by Crippen LogP contribution is -2.47. The molecule has 0 aromatic carbocycles. The normalized spacial score (nSPS) is 28.5. The molecule has 0 aliphatic carbocycles. The zero-order chi connectivity index (χ0) is 12.9. The number of hydrogen-bond donors (Lipinski definition) is 3. The van der Waals surface area contributed by atoms with Gasteiger partial charge in [0.25, 0.3) is 0 Å². The molecule has 0 aromatic rings. The molecule has 100 valence electrons. The van der Waals surface area contributed by atoms with Crippen LogP contribution in [0, 0.1) is 5.92 Å². The molecule has 0 radical (unpaired) electrons. The molecule has 1 aliphatic rings. The molecule has 0 spiro atoms. The van der Waals surface area contributed by atoms with E-state index in [0.29, 0.717) is 18.3 Å². The van der Waals surface area contributed by atoms with Gasteiger partial charge in [0.05, 0.1) is 5.60 Å². The summed E-state index contributed by atoms with van der Waals surface area (Å²) in [5, 5.41) is 16.2. The van der Waals surface area contributed by atoms with Gasteiger partial charge in [0.2, 0.25) is 5.91 Å². The van der Waals surface area contributed by atoms with E-state index in [1.807, 2.05) is 6.26 Å². The Morgan fingerprint density at radius 3 is 2.94 bits per heavy atom. The average molecular weight is 260 g/mol. The average Bonchev–Trinajstić information content (AvgIpc) is 2.26. The molecule has 0 bridgehead atoms. The number of hydrogen-bond acceptors (Lipinski definition) is 4. The van der Waals surface area contributed by atoms with Crippen molar-refractivity contribution in [2.45, 2.75) is 38.3 Å². The summed E-state index contributed by atoms with van der Waals surface area (Å²) in [5.41, 5.74) is -0.812. The number of nitrogens with one attached hydrogen (secondary N) is 2. The number of rotatable bonds is 5. The van der Waals surface area contributed by atoms with Gasteiger partial charge in [-0.15, -0.1) is 0 Å². The third kappa shape index (κ3) is 5.27. The van der Waals surface area contributed by atoms with Crippen LogP contribution in [0.5, 0.6) is 0 Å². The Balaban J connectivity index is 2.33. The van der Waals surface area contributed by atoms with Crippen LogP contribution in [0.3, 0.4) is 0 Å². The van der Waals surface area contributed by atoms with Crippen LogP contribution >= 0.6 is 11.8 Å². The van der Waals surface area contributed by atoms with E-state index in [2.05, 4.69) is 17.6 Å². The van der Waals surface area contributed by atoms with Crippen LogP contribution in [0.2, 0.25) is 0 Å². The highest BCUT2D eigenvalue weighted by atomic mass is 32.2. The van der Waals surface area contributed by atoms with Crippen molar-refractivity contribution < 1.29 is 9.90 Å². The summed E-state index contributed by atoms with van der Waals surface area (Å²) in [7, 11) is 0. The summed E-state index contributed by atoms with van der Waals surface area (Å²) >= 11 is 1.58. The van der Waals surface area contributed by atoms with Crippen molar-refractivity contribution in [2.75, 3.05) is 25.1 Å². The van der Waals surface area contributed by atoms with Gasteiger partial charge in [-0.3, -0.25) is 4.79 Å². The van der Waals surface area contributed by atoms with Crippen molar-refractivity contribution in [3.63, 3.8) is 0 Å². The zero-order valence-electron chi connectivity index (χ0n) is 11.0. The van der Waals surface area contributed by atoms with Gasteiger partial charge >= 0.3 is 0 Å². The minimum atomic E-state index is -0.812. The number of aliphatic hydroxyl groups is 1. The first-order valence-electron chi connectivity index (χ1n) is 6.17. The molecule has 5 heteroatoms. The van der Waals surface area contributed by atoms with Crippen molar-refractivity contribution >= 4 is 17.7 Å². The molecule has 17 heavy (non-hydrogen) atoms. The number of amides is 1. The van der Waals surface area contributed by atoms with Crippen LogP contribution < -0.4 is 10.6 Å². The van der Waals surface area contributed by atoms with E-state index >= 15 is 0 Å². The summed E-state index contributed by atoms with van der Waals surface area (Å²) in [6.45, 7) is 5.10. The van der Waals surface area contributed by atoms with E-state index in [0.717, 1.165) is 19.4 Å². The third-order valence-electron chi connectivity index (χ3n) is 3.09. The maximum Gasteiger partial charge on any atom is 0.223 e. The first kappa shape index (κ1) is 14.8. The lowest BCUT2D eigenvalue weighted by Gasteiger charge is -2.29. The Kier molecular flexibility index (Phi) is 5.76. The summed E-state index contributed by atoms with van der Waals surface area (Å²) in [4.78, 5) is 11.9. The lowest BCUT2D eigenvalue weighted by atomic mass is 9.92.